The van der Waals surface area contributed by atoms with Crippen molar-refractivity contribution in [2.24, 2.45) is 0 Å². The fourth-order valence-corrected chi connectivity index (χ4v) is 4.92. The number of likely N-dealkylation sites (tertiary alicyclic amines) is 2. The van der Waals surface area contributed by atoms with Gasteiger partial charge < -0.3 is 0 Å². The Morgan fingerprint density at radius 1 is 0.739 bits per heavy atom. The van der Waals surface area contributed by atoms with Crippen molar-refractivity contribution < 1.29 is 8.97 Å². The average Bonchev–Trinajstić information content (AvgIpc) is 2.57. The molecule has 23 heavy (non-hydrogen) atoms. The molecule has 2 fully saturated rings. The topological polar surface area (TPSA) is 0 Å². The number of rotatable bonds is 8. The van der Waals surface area contributed by atoms with E-state index in [0.29, 0.717) is 0 Å². The third kappa shape index (κ3) is 4.70. The number of hydrogen-bond acceptors (Lipinski definition) is 0. The Morgan fingerprint density at radius 3 is 1.57 bits per heavy atom. The molecule has 0 bridgehead atoms. The summed E-state index contributed by atoms with van der Waals surface area (Å²) in [5, 5.41) is 0. The Balaban J connectivity index is 1.69. The Kier molecular flexibility index (Phi) is 6.91. The minimum absolute atomic E-state index is 0.824. The van der Waals surface area contributed by atoms with Gasteiger partial charge in [-0.15, -0.1) is 0 Å². The van der Waals surface area contributed by atoms with E-state index in [1.807, 2.05) is 0 Å². The minimum atomic E-state index is 0.824. The summed E-state index contributed by atoms with van der Waals surface area (Å²) < 4.78 is 2.21. The Labute approximate surface area is 145 Å². The standard InChI is InChI=1S/C21H40N2/c1-5-22(3)18-12-10-16-20(22)14-8-7-9-15-21-17-11-13-19-23(21,4)6-2/h5-6,20-21H,1-2,7-19H2,3-4H3/q+2. The van der Waals surface area contributed by atoms with Crippen LogP contribution in [0.2, 0.25) is 0 Å². The summed E-state index contributed by atoms with van der Waals surface area (Å²) in [5.74, 6) is 0. The third-order valence-electron chi connectivity index (χ3n) is 6.93. The van der Waals surface area contributed by atoms with Crippen LogP contribution in [0.1, 0.15) is 70.6 Å². The van der Waals surface area contributed by atoms with Crippen LogP contribution in [-0.4, -0.2) is 48.2 Å². The fourth-order valence-electron chi connectivity index (χ4n) is 4.92. The lowest BCUT2D eigenvalue weighted by molar-refractivity contribution is -0.891. The summed E-state index contributed by atoms with van der Waals surface area (Å²) in [5.41, 5.74) is 0. The van der Waals surface area contributed by atoms with Gasteiger partial charge in [0.1, 0.15) is 0 Å². The highest BCUT2D eigenvalue weighted by Crippen LogP contribution is 2.30. The molecule has 0 aliphatic carbocycles. The Morgan fingerprint density at radius 2 is 1.17 bits per heavy atom. The molecule has 0 aromatic carbocycles. The van der Waals surface area contributed by atoms with Gasteiger partial charge in [0.15, 0.2) is 0 Å². The van der Waals surface area contributed by atoms with E-state index in [-0.39, 0.29) is 0 Å². The van der Waals surface area contributed by atoms with Crippen molar-refractivity contribution in [3.05, 3.63) is 25.6 Å². The van der Waals surface area contributed by atoms with Gasteiger partial charge in [-0.05, 0) is 64.5 Å². The molecule has 2 rings (SSSR count). The van der Waals surface area contributed by atoms with Crippen molar-refractivity contribution in [2.75, 3.05) is 27.2 Å². The molecule has 0 radical (unpaired) electrons. The SMILES string of the molecule is C=C[N+]1(C)CCCCC1CCCCCC1CCCC[N+]1(C)C=C. The molecule has 0 spiro atoms. The highest BCUT2D eigenvalue weighted by Gasteiger charge is 2.34. The summed E-state index contributed by atoms with van der Waals surface area (Å²) in [6, 6.07) is 1.65. The van der Waals surface area contributed by atoms with Gasteiger partial charge in [-0.1, -0.05) is 6.42 Å². The minimum Gasteiger partial charge on any atom is -0.298 e. The van der Waals surface area contributed by atoms with Crippen LogP contribution in [0.25, 0.3) is 0 Å². The zero-order valence-electron chi connectivity index (χ0n) is 15.8. The summed E-state index contributed by atoms with van der Waals surface area (Å²) >= 11 is 0. The number of hydrogen-bond donors (Lipinski definition) is 0. The monoisotopic (exact) mass is 320 g/mol. The Hall–Kier alpha value is -0.600. The van der Waals surface area contributed by atoms with Gasteiger partial charge in [0.25, 0.3) is 0 Å². The molecule has 4 atom stereocenters. The van der Waals surface area contributed by atoms with Gasteiger partial charge in [0.2, 0.25) is 0 Å². The molecule has 0 aromatic rings. The molecular formula is C21H40N2+2. The molecule has 2 saturated heterocycles. The second kappa shape index (κ2) is 8.48. The number of quaternary nitrogens is 2. The summed E-state index contributed by atoms with van der Waals surface area (Å²) in [6.07, 6.45) is 19.8. The lowest BCUT2D eigenvalue weighted by Crippen LogP contribution is -2.50. The highest BCUT2D eigenvalue weighted by atomic mass is 15.3. The first-order valence-corrected chi connectivity index (χ1v) is 10.0. The summed E-state index contributed by atoms with van der Waals surface area (Å²) in [6.45, 7) is 10.8. The average molecular weight is 321 g/mol. The van der Waals surface area contributed by atoms with Gasteiger partial charge in [-0.3, -0.25) is 8.97 Å². The second-order valence-corrected chi connectivity index (χ2v) is 8.44. The molecular weight excluding hydrogens is 280 g/mol. The van der Waals surface area contributed by atoms with Gasteiger partial charge in [-0.25, -0.2) is 0 Å². The molecule has 2 nitrogen and oxygen atoms in total. The van der Waals surface area contributed by atoms with Gasteiger partial charge in [-0.2, -0.15) is 0 Å². The largest absolute Gasteiger partial charge is 0.298 e. The summed E-state index contributed by atoms with van der Waals surface area (Å²) in [7, 11) is 4.76. The van der Waals surface area contributed by atoms with Crippen LogP contribution in [0, 0.1) is 0 Å². The highest BCUT2D eigenvalue weighted by molar-refractivity contribution is 4.73. The smallest absolute Gasteiger partial charge is 0.0930 e. The molecule has 4 unspecified atom stereocenters. The van der Waals surface area contributed by atoms with E-state index in [2.05, 4.69) is 39.7 Å². The Bertz CT molecular complexity index is 355. The van der Waals surface area contributed by atoms with Crippen molar-refractivity contribution in [3.8, 4) is 0 Å². The van der Waals surface area contributed by atoms with Crippen molar-refractivity contribution >= 4 is 0 Å². The molecule has 2 heterocycles. The maximum absolute atomic E-state index is 4.10. The van der Waals surface area contributed by atoms with Crippen molar-refractivity contribution in [3.63, 3.8) is 0 Å². The second-order valence-electron chi connectivity index (χ2n) is 8.44. The van der Waals surface area contributed by atoms with Crippen molar-refractivity contribution in [2.45, 2.75) is 82.7 Å². The number of piperidine rings is 2. The molecule has 0 N–H and O–H groups in total. The maximum atomic E-state index is 4.10. The van der Waals surface area contributed by atoms with E-state index in [9.17, 15) is 0 Å². The normalized spacial score (nSPS) is 38.2. The van der Waals surface area contributed by atoms with E-state index in [0.717, 1.165) is 21.0 Å². The number of unbranched alkanes of at least 4 members (excludes halogenated alkanes) is 2. The maximum Gasteiger partial charge on any atom is 0.0930 e. The predicted molar refractivity (Wildman–Crippen MR) is 101 cm³/mol. The van der Waals surface area contributed by atoms with E-state index < -0.39 is 0 Å². The van der Waals surface area contributed by atoms with Gasteiger partial charge in [0, 0.05) is 12.8 Å². The first-order valence-electron chi connectivity index (χ1n) is 10.0. The van der Waals surface area contributed by atoms with Crippen LogP contribution in [-0.2, 0) is 0 Å². The quantitative estimate of drug-likeness (QED) is 0.425. The van der Waals surface area contributed by atoms with Crippen molar-refractivity contribution in [1.29, 1.82) is 0 Å². The van der Waals surface area contributed by atoms with Crippen LogP contribution in [0.15, 0.2) is 25.6 Å². The van der Waals surface area contributed by atoms with E-state index in [1.165, 1.54) is 83.7 Å². The molecule has 0 aromatic heterocycles. The lowest BCUT2D eigenvalue weighted by atomic mass is 9.92. The lowest BCUT2D eigenvalue weighted by Gasteiger charge is -2.42. The first kappa shape index (κ1) is 18.7. The van der Waals surface area contributed by atoms with Crippen LogP contribution in [0.3, 0.4) is 0 Å². The van der Waals surface area contributed by atoms with Crippen LogP contribution in [0.4, 0.5) is 0 Å². The van der Waals surface area contributed by atoms with E-state index >= 15 is 0 Å². The molecule has 0 amide bonds. The van der Waals surface area contributed by atoms with Crippen molar-refractivity contribution in [1.82, 2.24) is 0 Å². The number of nitrogens with zero attached hydrogens (tertiary/aromatic N) is 2. The zero-order valence-corrected chi connectivity index (χ0v) is 15.8. The first-order chi connectivity index (χ1) is 11.0. The molecule has 132 valence electrons. The molecule has 0 saturated carbocycles. The molecule has 2 aliphatic heterocycles. The van der Waals surface area contributed by atoms with Crippen LogP contribution in [0.5, 0.6) is 0 Å². The van der Waals surface area contributed by atoms with E-state index in [1.54, 1.807) is 0 Å². The molecule has 2 heteroatoms. The van der Waals surface area contributed by atoms with Gasteiger partial charge >= 0.3 is 0 Å². The van der Waals surface area contributed by atoms with Crippen LogP contribution < -0.4 is 0 Å². The van der Waals surface area contributed by atoms with Gasteiger partial charge in [0.05, 0.1) is 51.7 Å². The van der Waals surface area contributed by atoms with Crippen LogP contribution >= 0.6 is 0 Å². The predicted octanol–water partition coefficient (Wildman–Crippen LogP) is 5.22. The van der Waals surface area contributed by atoms with E-state index in [4.69, 9.17) is 0 Å². The zero-order chi connectivity index (χ0) is 16.8. The summed E-state index contributed by atoms with van der Waals surface area (Å²) in [4.78, 5) is 0. The fraction of sp³-hybridized carbons (Fsp3) is 0.810. The third-order valence-corrected chi connectivity index (χ3v) is 6.93. The molecule has 2 aliphatic rings.